The van der Waals surface area contributed by atoms with Crippen LogP contribution in [0.3, 0.4) is 0 Å². The van der Waals surface area contributed by atoms with E-state index in [4.69, 9.17) is 0 Å². The summed E-state index contributed by atoms with van der Waals surface area (Å²) in [5.41, 5.74) is 2.30. The summed E-state index contributed by atoms with van der Waals surface area (Å²) >= 11 is 0. The van der Waals surface area contributed by atoms with E-state index in [-0.39, 0.29) is 5.91 Å². The Kier molecular flexibility index (Phi) is 7.09. The van der Waals surface area contributed by atoms with E-state index < -0.39 is 16.1 Å². The van der Waals surface area contributed by atoms with Gasteiger partial charge in [0.15, 0.2) is 0 Å². The number of likely N-dealkylation sites (N-methyl/N-ethyl adjacent to an activating group) is 1. The molecule has 0 spiro atoms. The highest BCUT2D eigenvalue weighted by Crippen LogP contribution is 2.20. The van der Waals surface area contributed by atoms with Crippen LogP contribution in [0.5, 0.6) is 0 Å². The molecule has 156 valence electrons. The van der Waals surface area contributed by atoms with Crippen molar-refractivity contribution >= 4 is 15.9 Å². The molecule has 1 aromatic rings. The molecule has 1 aromatic carbocycles. The summed E-state index contributed by atoms with van der Waals surface area (Å²) in [7, 11) is -3.34. The van der Waals surface area contributed by atoms with Gasteiger partial charge in [0.25, 0.3) is 0 Å². The SMILES string of the molecule is CCN1CCN(Cc2ccc(CNC(=O)C3CCCN3S(C)(=O)=O)cc2)CC1. The van der Waals surface area contributed by atoms with Crippen LogP contribution >= 0.6 is 0 Å². The van der Waals surface area contributed by atoms with Crippen molar-refractivity contribution in [2.75, 3.05) is 45.5 Å². The van der Waals surface area contributed by atoms with E-state index in [1.165, 1.54) is 16.1 Å². The zero-order valence-corrected chi connectivity index (χ0v) is 17.7. The fraction of sp³-hybridized carbons (Fsp3) is 0.650. The first-order valence-electron chi connectivity index (χ1n) is 10.1. The molecule has 7 nitrogen and oxygen atoms in total. The van der Waals surface area contributed by atoms with Gasteiger partial charge in [-0.25, -0.2) is 8.42 Å². The Morgan fingerprint density at radius 2 is 1.64 bits per heavy atom. The zero-order chi connectivity index (χ0) is 20.1. The van der Waals surface area contributed by atoms with Gasteiger partial charge in [-0.15, -0.1) is 0 Å². The Bertz CT molecular complexity index is 758. The molecule has 0 aromatic heterocycles. The lowest BCUT2D eigenvalue weighted by Gasteiger charge is -2.34. The fourth-order valence-electron chi connectivity index (χ4n) is 3.99. The molecule has 8 heteroatoms. The predicted octanol–water partition coefficient (Wildman–Crippen LogP) is 0.864. The van der Waals surface area contributed by atoms with E-state index in [0.717, 1.165) is 51.3 Å². The molecule has 0 bridgehead atoms. The second-order valence-corrected chi connectivity index (χ2v) is 9.71. The smallest absolute Gasteiger partial charge is 0.238 e. The molecule has 0 aliphatic carbocycles. The lowest BCUT2D eigenvalue weighted by molar-refractivity contribution is -0.124. The molecule has 3 rings (SSSR count). The van der Waals surface area contributed by atoms with Crippen molar-refractivity contribution in [3.05, 3.63) is 35.4 Å². The highest BCUT2D eigenvalue weighted by atomic mass is 32.2. The van der Waals surface area contributed by atoms with Gasteiger partial charge in [0.1, 0.15) is 6.04 Å². The average molecular weight is 409 g/mol. The van der Waals surface area contributed by atoms with Gasteiger partial charge in [0, 0.05) is 45.8 Å². The van der Waals surface area contributed by atoms with Gasteiger partial charge in [-0.3, -0.25) is 9.69 Å². The Morgan fingerprint density at radius 1 is 1.04 bits per heavy atom. The molecule has 1 unspecified atom stereocenters. The Balaban J connectivity index is 1.47. The maximum Gasteiger partial charge on any atom is 0.238 e. The number of nitrogens with one attached hydrogen (secondary N) is 1. The van der Waals surface area contributed by atoms with Crippen LogP contribution in [-0.2, 0) is 27.9 Å². The van der Waals surface area contributed by atoms with Gasteiger partial charge in [0.2, 0.25) is 15.9 Å². The summed E-state index contributed by atoms with van der Waals surface area (Å²) in [6.45, 7) is 9.60. The third kappa shape index (κ3) is 5.53. The number of hydrogen-bond donors (Lipinski definition) is 1. The maximum absolute atomic E-state index is 12.4. The number of sulfonamides is 1. The topological polar surface area (TPSA) is 73.0 Å². The van der Waals surface area contributed by atoms with Crippen molar-refractivity contribution < 1.29 is 13.2 Å². The number of carbonyl (C=O) groups is 1. The molecule has 0 radical (unpaired) electrons. The number of piperazine rings is 1. The van der Waals surface area contributed by atoms with Gasteiger partial charge >= 0.3 is 0 Å². The van der Waals surface area contributed by atoms with Gasteiger partial charge in [-0.2, -0.15) is 4.31 Å². The van der Waals surface area contributed by atoms with Crippen molar-refractivity contribution in [1.82, 2.24) is 19.4 Å². The minimum Gasteiger partial charge on any atom is -0.351 e. The first kappa shape index (κ1) is 21.2. The van der Waals surface area contributed by atoms with Gasteiger partial charge in [-0.05, 0) is 30.5 Å². The molecule has 28 heavy (non-hydrogen) atoms. The Hall–Kier alpha value is -1.48. The van der Waals surface area contributed by atoms with E-state index in [2.05, 4.69) is 34.2 Å². The number of amides is 1. The Labute approximate surface area is 168 Å². The van der Waals surface area contributed by atoms with E-state index in [0.29, 0.717) is 19.5 Å². The van der Waals surface area contributed by atoms with Crippen molar-refractivity contribution in [3.63, 3.8) is 0 Å². The van der Waals surface area contributed by atoms with Crippen molar-refractivity contribution in [1.29, 1.82) is 0 Å². The predicted molar refractivity (Wildman–Crippen MR) is 110 cm³/mol. The van der Waals surface area contributed by atoms with Crippen molar-refractivity contribution in [3.8, 4) is 0 Å². The molecule has 2 aliphatic rings. The van der Waals surface area contributed by atoms with Gasteiger partial charge < -0.3 is 10.2 Å². The second-order valence-electron chi connectivity index (χ2n) is 7.78. The summed E-state index contributed by atoms with van der Waals surface area (Å²) in [5.74, 6) is -0.208. The summed E-state index contributed by atoms with van der Waals surface area (Å²) in [6, 6.07) is 7.75. The van der Waals surface area contributed by atoms with E-state index >= 15 is 0 Å². The molecule has 0 saturated carbocycles. The molecular formula is C20H32N4O3S. The van der Waals surface area contributed by atoms with Crippen LogP contribution in [0.25, 0.3) is 0 Å². The molecular weight excluding hydrogens is 376 g/mol. The maximum atomic E-state index is 12.4. The summed E-state index contributed by atoms with van der Waals surface area (Å²) in [6.07, 6.45) is 2.48. The summed E-state index contributed by atoms with van der Waals surface area (Å²) in [5, 5.41) is 2.89. The quantitative estimate of drug-likeness (QED) is 0.725. The standard InChI is InChI=1S/C20H32N4O3S/c1-3-22-11-13-23(14-12-22)16-18-8-6-17(7-9-18)15-21-20(25)19-5-4-10-24(19)28(2,26)27/h6-9,19H,3-5,10-16H2,1-2H3,(H,21,25). The van der Waals surface area contributed by atoms with Crippen LogP contribution in [0.2, 0.25) is 0 Å². The fourth-order valence-corrected chi connectivity index (χ4v) is 5.11. The molecule has 2 saturated heterocycles. The third-order valence-electron chi connectivity index (χ3n) is 5.74. The first-order chi connectivity index (χ1) is 13.4. The first-order valence-corrected chi connectivity index (χ1v) is 12.0. The number of benzene rings is 1. The van der Waals surface area contributed by atoms with Crippen LogP contribution in [0.4, 0.5) is 0 Å². The number of rotatable bonds is 7. The minimum absolute atomic E-state index is 0.208. The van der Waals surface area contributed by atoms with Crippen molar-refractivity contribution in [2.45, 2.75) is 38.9 Å². The van der Waals surface area contributed by atoms with Crippen LogP contribution in [0.15, 0.2) is 24.3 Å². The molecule has 1 amide bonds. The molecule has 1 atom stereocenters. The lowest BCUT2D eigenvalue weighted by Crippen LogP contribution is -2.45. The Morgan fingerprint density at radius 3 is 2.25 bits per heavy atom. The minimum atomic E-state index is -3.34. The molecule has 2 fully saturated rings. The van der Waals surface area contributed by atoms with Crippen LogP contribution < -0.4 is 5.32 Å². The number of carbonyl (C=O) groups excluding carboxylic acids is 1. The van der Waals surface area contributed by atoms with E-state index in [9.17, 15) is 13.2 Å². The third-order valence-corrected chi connectivity index (χ3v) is 7.03. The lowest BCUT2D eigenvalue weighted by atomic mass is 10.1. The van der Waals surface area contributed by atoms with Gasteiger partial charge in [0.05, 0.1) is 6.26 Å². The highest BCUT2D eigenvalue weighted by Gasteiger charge is 2.36. The molecule has 2 aliphatic heterocycles. The zero-order valence-electron chi connectivity index (χ0n) is 16.9. The summed E-state index contributed by atoms with van der Waals surface area (Å²) < 4.78 is 24.9. The average Bonchev–Trinajstić information content (AvgIpc) is 3.18. The van der Waals surface area contributed by atoms with Crippen molar-refractivity contribution in [2.24, 2.45) is 0 Å². The van der Waals surface area contributed by atoms with Crippen LogP contribution in [0, 0.1) is 0 Å². The number of nitrogens with zero attached hydrogens (tertiary/aromatic N) is 3. The van der Waals surface area contributed by atoms with Crippen LogP contribution in [0.1, 0.15) is 30.9 Å². The summed E-state index contributed by atoms with van der Waals surface area (Å²) in [4.78, 5) is 17.4. The van der Waals surface area contributed by atoms with E-state index in [1.807, 2.05) is 12.1 Å². The number of hydrogen-bond acceptors (Lipinski definition) is 5. The monoisotopic (exact) mass is 408 g/mol. The second kappa shape index (κ2) is 9.35. The highest BCUT2D eigenvalue weighted by molar-refractivity contribution is 7.88. The molecule has 2 heterocycles. The van der Waals surface area contributed by atoms with Crippen LogP contribution in [-0.4, -0.2) is 80.0 Å². The normalized spacial score (nSPS) is 22.4. The molecule has 1 N–H and O–H groups in total. The van der Waals surface area contributed by atoms with E-state index in [1.54, 1.807) is 0 Å². The van der Waals surface area contributed by atoms with Gasteiger partial charge in [-0.1, -0.05) is 31.2 Å². The largest absolute Gasteiger partial charge is 0.351 e.